The van der Waals surface area contributed by atoms with Crippen molar-refractivity contribution in [3.63, 3.8) is 0 Å². The van der Waals surface area contributed by atoms with Gasteiger partial charge in [0, 0.05) is 35.6 Å². The third-order valence-electron chi connectivity index (χ3n) is 5.09. The summed E-state index contributed by atoms with van der Waals surface area (Å²) in [6.45, 7) is 3.23. The van der Waals surface area contributed by atoms with Gasteiger partial charge in [-0.2, -0.15) is 0 Å². The van der Waals surface area contributed by atoms with Gasteiger partial charge in [0.15, 0.2) is 5.17 Å². The van der Waals surface area contributed by atoms with Gasteiger partial charge in [0.25, 0.3) is 0 Å². The van der Waals surface area contributed by atoms with Gasteiger partial charge in [-0.3, -0.25) is 9.98 Å². The zero-order valence-corrected chi connectivity index (χ0v) is 15.8. The number of thioether (sulfide) groups is 1. The second-order valence-electron chi connectivity index (χ2n) is 6.96. The van der Waals surface area contributed by atoms with E-state index in [2.05, 4.69) is 45.8 Å². The Morgan fingerprint density at radius 2 is 1.93 bits per heavy atom. The van der Waals surface area contributed by atoms with Gasteiger partial charge in [0.1, 0.15) is 11.8 Å². The van der Waals surface area contributed by atoms with Gasteiger partial charge in [0.05, 0.1) is 11.7 Å². The number of phenolic OH excluding ortho intramolecular Hbond substituents is 1. The van der Waals surface area contributed by atoms with Crippen molar-refractivity contribution >= 4 is 16.9 Å². The Morgan fingerprint density at radius 3 is 2.70 bits per heavy atom. The molecular formula is C21H20N4OS. The summed E-state index contributed by atoms with van der Waals surface area (Å²) < 4.78 is 2.19. The third-order valence-corrected chi connectivity index (χ3v) is 6.19. The Bertz CT molecular complexity index is 983. The lowest BCUT2D eigenvalue weighted by molar-refractivity contribution is 0.312. The maximum atomic E-state index is 9.63. The van der Waals surface area contributed by atoms with Crippen LogP contribution in [0.25, 0.3) is 5.69 Å². The zero-order valence-electron chi connectivity index (χ0n) is 14.9. The molecule has 0 bridgehead atoms. The molecule has 5 nitrogen and oxygen atoms in total. The van der Waals surface area contributed by atoms with Crippen LogP contribution in [0, 0.1) is 0 Å². The number of hydrogen-bond donors (Lipinski definition) is 1. The van der Waals surface area contributed by atoms with E-state index >= 15 is 0 Å². The molecule has 1 N–H and O–H groups in total. The highest BCUT2D eigenvalue weighted by Gasteiger charge is 2.44. The van der Waals surface area contributed by atoms with E-state index in [9.17, 15) is 5.11 Å². The standard InChI is InChI=1S/C21H20N4OS/c1-14-13-25-20(19(23-21(25)27-14)17-5-2-3-11-22-17)18-6-4-12-24(18)15-7-9-16(26)10-8-15/h2-12,14,19-20,26H,13H2,1H3/t14-,19+,20+/m1/s1. The first-order valence-corrected chi connectivity index (χ1v) is 9.97. The Labute approximate surface area is 162 Å². The van der Waals surface area contributed by atoms with Crippen LogP contribution in [0.3, 0.4) is 0 Å². The molecule has 136 valence electrons. The lowest BCUT2D eigenvalue weighted by Gasteiger charge is -2.28. The van der Waals surface area contributed by atoms with Crippen LogP contribution in [-0.4, -0.2) is 36.5 Å². The summed E-state index contributed by atoms with van der Waals surface area (Å²) in [7, 11) is 0. The molecule has 2 aliphatic heterocycles. The average molecular weight is 376 g/mol. The van der Waals surface area contributed by atoms with Gasteiger partial charge in [0.2, 0.25) is 0 Å². The predicted octanol–water partition coefficient (Wildman–Crippen LogP) is 4.17. The number of aromatic nitrogens is 2. The Kier molecular flexibility index (Phi) is 3.93. The summed E-state index contributed by atoms with van der Waals surface area (Å²) in [6.07, 6.45) is 3.91. The van der Waals surface area contributed by atoms with Crippen molar-refractivity contribution < 1.29 is 5.11 Å². The van der Waals surface area contributed by atoms with Crippen LogP contribution in [0.15, 0.2) is 72.0 Å². The first-order valence-electron chi connectivity index (χ1n) is 9.09. The summed E-state index contributed by atoms with van der Waals surface area (Å²) in [5.74, 6) is 0.273. The molecule has 3 atom stereocenters. The molecule has 6 heteroatoms. The first-order chi connectivity index (χ1) is 13.2. The van der Waals surface area contributed by atoms with E-state index in [0.717, 1.165) is 23.1 Å². The summed E-state index contributed by atoms with van der Waals surface area (Å²) >= 11 is 1.85. The molecule has 1 saturated heterocycles. The quantitative estimate of drug-likeness (QED) is 0.745. The predicted molar refractivity (Wildman–Crippen MR) is 108 cm³/mol. The van der Waals surface area contributed by atoms with Crippen molar-refractivity contribution in [3.8, 4) is 11.4 Å². The summed E-state index contributed by atoms with van der Waals surface area (Å²) in [4.78, 5) is 12.1. The molecule has 0 spiro atoms. The van der Waals surface area contributed by atoms with Gasteiger partial charge >= 0.3 is 0 Å². The number of nitrogens with zero attached hydrogens (tertiary/aromatic N) is 4. The molecule has 0 unspecified atom stereocenters. The monoisotopic (exact) mass is 376 g/mol. The molecule has 3 aromatic rings. The number of pyridine rings is 1. The molecule has 2 aromatic heterocycles. The molecule has 2 aliphatic rings. The highest BCUT2D eigenvalue weighted by atomic mass is 32.2. The van der Waals surface area contributed by atoms with E-state index in [1.165, 1.54) is 5.69 Å². The van der Waals surface area contributed by atoms with Crippen molar-refractivity contribution in [1.29, 1.82) is 0 Å². The SMILES string of the molecule is C[C@@H]1CN2C(=N[C@@H](c3ccccn3)[C@@H]2c2cccn2-c2ccc(O)cc2)S1. The van der Waals surface area contributed by atoms with Crippen LogP contribution < -0.4 is 0 Å². The molecule has 0 amide bonds. The molecule has 4 heterocycles. The second kappa shape index (κ2) is 6.46. The zero-order chi connectivity index (χ0) is 18.4. The molecule has 0 aliphatic carbocycles. The van der Waals surface area contributed by atoms with E-state index < -0.39 is 0 Å². The molecular weight excluding hydrogens is 356 g/mol. The lowest BCUT2D eigenvalue weighted by atomic mass is 10.0. The fourth-order valence-corrected chi connectivity index (χ4v) is 5.01. The molecule has 1 aromatic carbocycles. The minimum atomic E-state index is -0.0213. The lowest BCUT2D eigenvalue weighted by Crippen LogP contribution is -2.30. The molecule has 0 radical (unpaired) electrons. The smallest absolute Gasteiger partial charge is 0.160 e. The average Bonchev–Trinajstić information content (AvgIpc) is 3.37. The largest absolute Gasteiger partial charge is 0.508 e. The normalized spacial score (nSPS) is 24.1. The first kappa shape index (κ1) is 16.4. The molecule has 1 fully saturated rings. The van der Waals surface area contributed by atoms with Crippen LogP contribution in [0.4, 0.5) is 0 Å². The van der Waals surface area contributed by atoms with Crippen molar-refractivity contribution in [2.45, 2.75) is 24.3 Å². The Hall–Kier alpha value is -2.73. The number of hydrogen-bond acceptors (Lipinski definition) is 5. The number of phenols is 1. The van der Waals surface area contributed by atoms with Gasteiger partial charge < -0.3 is 14.6 Å². The molecule has 27 heavy (non-hydrogen) atoms. The van der Waals surface area contributed by atoms with Gasteiger partial charge in [-0.05, 0) is 48.5 Å². The van der Waals surface area contributed by atoms with Crippen molar-refractivity contribution in [1.82, 2.24) is 14.5 Å². The van der Waals surface area contributed by atoms with Crippen molar-refractivity contribution in [2.24, 2.45) is 4.99 Å². The van der Waals surface area contributed by atoms with Crippen LogP contribution in [0.1, 0.15) is 30.4 Å². The van der Waals surface area contributed by atoms with E-state index in [1.807, 2.05) is 42.2 Å². The summed E-state index contributed by atoms with van der Waals surface area (Å²) in [5, 5.41) is 11.3. The minimum Gasteiger partial charge on any atom is -0.508 e. The fraction of sp³-hybridized carbons (Fsp3) is 0.238. The van der Waals surface area contributed by atoms with Crippen LogP contribution >= 0.6 is 11.8 Å². The summed E-state index contributed by atoms with van der Waals surface area (Å²) in [5.41, 5.74) is 3.21. The highest BCUT2D eigenvalue weighted by Crippen LogP contribution is 2.47. The second-order valence-corrected chi connectivity index (χ2v) is 8.36. The number of aromatic hydroxyl groups is 1. The minimum absolute atomic E-state index is 0.0213. The van der Waals surface area contributed by atoms with Crippen molar-refractivity contribution in [2.75, 3.05) is 6.54 Å². The van der Waals surface area contributed by atoms with Gasteiger partial charge in [-0.15, -0.1) is 0 Å². The van der Waals surface area contributed by atoms with E-state index in [1.54, 1.807) is 12.1 Å². The van der Waals surface area contributed by atoms with Gasteiger partial charge in [-0.1, -0.05) is 24.8 Å². The van der Waals surface area contributed by atoms with Crippen LogP contribution in [0.5, 0.6) is 5.75 Å². The van der Waals surface area contributed by atoms with E-state index in [4.69, 9.17) is 4.99 Å². The van der Waals surface area contributed by atoms with Crippen molar-refractivity contribution in [3.05, 3.63) is 78.4 Å². The maximum Gasteiger partial charge on any atom is 0.160 e. The third kappa shape index (κ3) is 2.80. The molecule has 5 rings (SSSR count). The number of fused-ring (bicyclic) bond motifs is 1. The summed E-state index contributed by atoms with van der Waals surface area (Å²) in [6, 6.07) is 17.7. The van der Waals surface area contributed by atoms with Crippen LogP contribution in [0.2, 0.25) is 0 Å². The molecule has 0 saturated carbocycles. The number of amidine groups is 1. The van der Waals surface area contributed by atoms with Crippen LogP contribution in [-0.2, 0) is 0 Å². The highest BCUT2D eigenvalue weighted by molar-refractivity contribution is 8.14. The fourth-order valence-electron chi connectivity index (χ4n) is 3.92. The van der Waals surface area contributed by atoms with E-state index in [0.29, 0.717) is 5.25 Å². The van der Waals surface area contributed by atoms with Gasteiger partial charge in [-0.25, -0.2) is 0 Å². The number of aliphatic imine (C=N–C) groups is 1. The topological polar surface area (TPSA) is 53.7 Å². The number of benzene rings is 1. The maximum absolute atomic E-state index is 9.63. The Morgan fingerprint density at radius 1 is 1.07 bits per heavy atom. The number of rotatable bonds is 3. The Balaban J connectivity index is 1.60. The van der Waals surface area contributed by atoms with E-state index in [-0.39, 0.29) is 17.8 Å².